The Morgan fingerprint density at radius 2 is 2.04 bits per heavy atom. The summed E-state index contributed by atoms with van der Waals surface area (Å²) >= 11 is 0. The number of Topliss-reactive ketones (excluding diaryl/α,β-unsaturated/α-hetero) is 1. The second-order valence-electron chi connectivity index (χ2n) is 5.57. The first-order valence-electron chi connectivity index (χ1n) is 7.94. The Morgan fingerprint density at radius 1 is 1.21 bits per heavy atom. The number of benzene rings is 1. The zero-order chi connectivity index (χ0) is 17.4. The molecule has 0 atom stereocenters. The van der Waals surface area contributed by atoms with Crippen LogP contribution in [0.2, 0.25) is 0 Å². The zero-order valence-electron chi connectivity index (χ0n) is 14.0. The van der Waals surface area contributed by atoms with Crippen molar-refractivity contribution >= 4 is 11.7 Å². The quantitative estimate of drug-likeness (QED) is 0.757. The molecule has 0 bridgehead atoms. The molecular weight excluding hydrogens is 304 g/mol. The molecule has 0 unspecified atom stereocenters. The molecule has 1 aromatic heterocycles. The van der Waals surface area contributed by atoms with E-state index in [1.54, 1.807) is 13.3 Å². The molecule has 1 N–H and O–H groups in total. The minimum atomic E-state index is -0.536. The van der Waals surface area contributed by atoms with Gasteiger partial charge in [0.2, 0.25) is 5.78 Å². The third-order valence-electron chi connectivity index (χ3n) is 3.81. The van der Waals surface area contributed by atoms with Crippen molar-refractivity contribution in [1.29, 1.82) is 0 Å². The fourth-order valence-corrected chi connectivity index (χ4v) is 2.36. The molecule has 0 aliphatic heterocycles. The number of nitrogens with one attached hydrogen (secondary N) is 1. The molecule has 0 radical (unpaired) electrons. The lowest BCUT2D eigenvalue weighted by molar-refractivity contribution is -0.138. The lowest BCUT2D eigenvalue weighted by Gasteiger charge is -2.09. The van der Waals surface area contributed by atoms with Crippen LogP contribution in [0.4, 0.5) is 0 Å². The lowest BCUT2D eigenvalue weighted by atomic mass is 10.1. The van der Waals surface area contributed by atoms with E-state index in [-0.39, 0.29) is 6.42 Å². The summed E-state index contributed by atoms with van der Waals surface area (Å²) in [4.78, 5) is 28.0. The van der Waals surface area contributed by atoms with Crippen molar-refractivity contribution in [3.63, 3.8) is 0 Å². The topological polar surface area (TPSA) is 68.3 Å². The number of hydrogen-bond acceptors (Lipinski definition) is 4. The van der Waals surface area contributed by atoms with Crippen LogP contribution in [0.3, 0.4) is 0 Å². The molecule has 126 valence electrons. The average molecular weight is 326 g/mol. The molecule has 5 heteroatoms. The van der Waals surface area contributed by atoms with Crippen molar-refractivity contribution in [3.8, 4) is 5.75 Å². The van der Waals surface area contributed by atoms with E-state index in [1.165, 1.54) is 0 Å². The molecule has 0 aliphatic carbocycles. The maximum absolute atomic E-state index is 11.9. The summed E-state index contributed by atoms with van der Waals surface area (Å²) < 4.78 is 5.15. The van der Waals surface area contributed by atoms with Gasteiger partial charge in [-0.25, -0.2) is 0 Å². The molecule has 0 saturated carbocycles. The van der Waals surface area contributed by atoms with Crippen molar-refractivity contribution < 1.29 is 14.3 Å². The first-order valence-corrected chi connectivity index (χ1v) is 7.94. The van der Waals surface area contributed by atoms with E-state index in [2.05, 4.69) is 10.3 Å². The third kappa shape index (κ3) is 5.19. The number of aromatic nitrogens is 1. The molecule has 1 amide bonds. The SMILES string of the molecule is COc1ccc(CNC(=O)C(=O)CCCc2ccccn2)c(C)c1. The molecule has 0 saturated heterocycles. The number of carbonyl (C=O) groups is 2. The van der Waals surface area contributed by atoms with Crippen LogP contribution in [0, 0.1) is 6.92 Å². The predicted molar refractivity (Wildman–Crippen MR) is 91.8 cm³/mol. The van der Waals surface area contributed by atoms with Crippen LogP contribution in [0.1, 0.15) is 29.7 Å². The van der Waals surface area contributed by atoms with Crippen molar-refractivity contribution in [3.05, 3.63) is 59.4 Å². The molecule has 5 nitrogen and oxygen atoms in total. The van der Waals surface area contributed by atoms with E-state index < -0.39 is 11.7 Å². The monoisotopic (exact) mass is 326 g/mol. The molecule has 1 aromatic carbocycles. The number of hydrogen-bond donors (Lipinski definition) is 1. The average Bonchev–Trinajstić information content (AvgIpc) is 2.61. The summed E-state index contributed by atoms with van der Waals surface area (Å²) in [7, 11) is 1.61. The van der Waals surface area contributed by atoms with E-state index in [1.807, 2.05) is 43.3 Å². The highest BCUT2D eigenvalue weighted by Crippen LogP contribution is 2.16. The largest absolute Gasteiger partial charge is 0.497 e. The number of pyridine rings is 1. The van der Waals surface area contributed by atoms with Gasteiger partial charge in [0.25, 0.3) is 5.91 Å². The van der Waals surface area contributed by atoms with Gasteiger partial charge in [0.1, 0.15) is 5.75 Å². The number of methoxy groups -OCH3 is 1. The van der Waals surface area contributed by atoms with Crippen LogP contribution >= 0.6 is 0 Å². The van der Waals surface area contributed by atoms with E-state index in [0.29, 0.717) is 19.4 Å². The van der Waals surface area contributed by atoms with Gasteiger partial charge in [-0.1, -0.05) is 12.1 Å². The molecule has 0 fully saturated rings. The van der Waals surface area contributed by atoms with Crippen LogP contribution in [0.25, 0.3) is 0 Å². The second-order valence-corrected chi connectivity index (χ2v) is 5.57. The summed E-state index contributed by atoms with van der Waals surface area (Å²) in [6.45, 7) is 2.28. The van der Waals surface area contributed by atoms with Gasteiger partial charge in [0, 0.05) is 24.9 Å². The maximum atomic E-state index is 11.9. The molecule has 1 heterocycles. The van der Waals surface area contributed by atoms with Crippen LogP contribution in [0.15, 0.2) is 42.6 Å². The number of nitrogens with zero attached hydrogens (tertiary/aromatic N) is 1. The summed E-state index contributed by atoms with van der Waals surface area (Å²) in [5, 5.41) is 2.68. The standard InChI is InChI=1S/C19H22N2O3/c1-14-12-17(24-2)10-9-15(14)13-21-19(23)18(22)8-5-7-16-6-3-4-11-20-16/h3-4,6,9-12H,5,7-8,13H2,1-2H3,(H,21,23). The molecule has 2 rings (SSSR count). The minimum absolute atomic E-state index is 0.226. The van der Waals surface area contributed by atoms with Gasteiger partial charge in [-0.3, -0.25) is 14.6 Å². The van der Waals surface area contributed by atoms with Gasteiger partial charge in [-0.15, -0.1) is 0 Å². The summed E-state index contributed by atoms with van der Waals surface area (Å²) in [5.41, 5.74) is 2.90. The number of ether oxygens (including phenoxy) is 1. The van der Waals surface area contributed by atoms with Crippen LogP contribution in [-0.2, 0) is 22.6 Å². The summed E-state index contributed by atoms with van der Waals surface area (Å²) in [6.07, 6.45) is 3.26. The van der Waals surface area contributed by atoms with E-state index in [9.17, 15) is 9.59 Å². The van der Waals surface area contributed by atoms with E-state index in [0.717, 1.165) is 22.6 Å². The van der Waals surface area contributed by atoms with Gasteiger partial charge < -0.3 is 10.1 Å². The molecule has 2 aromatic rings. The number of ketones is 1. The molecule has 0 aliphatic rings. The highest BCUT2D eigenvalue weighted by atomic mass is 16.5. The Kier molecular flexibility index (Phi) is 6.49. The first kappa shape index (κ1) is 17.7. The fourth-order valence-electron chi connectivity index (χ4n) is 2.36. The molecule has 24 heavy (non-hydrogen) atoms. The minimum Gasteiger partial charge on any atom is -0.497 e. The smallest absolute Gasteiger partial charge is 0.287 e. The lowest BCUT2D eigenvalue weighted by Crippen LogP contribution is -2.30. The van der Waals surface area contributed by atoms with Crippen molar-refractivity contribution in [1.82, 2.24) is 10.3 Å². The Hall–Kier alpha value is -2.69. The fraction of sp³-hybridized carbons (Fsp3) is 0.316. The van der Waals surface area contributed by atoms with Gasteiger partial charge in [0.05, 0.1) is 7.11 Å². The van der Waals surface area contributed by atoms with Crippen LogP contribution < -0.4 is 10.1 Å². The van der Waals surface area contributed by atoms with Gasteiger partial charge in [0.15, 0.2) is 0 Å². The van der Waals surface area contributed by atoms with Crippen LogP contribution in [0.5, 0.6) is 5.75 Å². The maximum Gasteiger partial charge on any atom is 0.287 e. The predicted octanol–water partition coefficient (Wildman–Crippen LogP) is 2.61. The van der Waals surface area contributed by atoms with Crippen molar-refractivity contribution in [2.45, 2.75) is 32.7 Å². The third-order valence-corrected chi connectivity index (χ3v) is 3.81. The Morgan fingerprint density at radius 3 is 2.71 bits per heavy atom. The van der Waals surface area contributed by atoms with Crippen molar-refractivity contribution in [2.24, 2.45) is 0 Å². The molecular formula is C19H22N2O3. The zero-order valence-corrected chi connectivity index (χ0v) is 14.0. The first-order chi connectivity index (χ1) is 11.6. The van der Waals surface area contributed by atoms with Crippen LogP contribution in [-0.4, -0.2) is 23.8 Å². The number of rotatable bonds is 8. The van der Waals surface area contributed by atoms with Gasteiger partial charge in [-0.05, 0) is 55.2 Å². The number of amides is 1. The van der Waals surface area contributed by atoms with E-state index in [4.69, 9.17) is 4.74 Å². The second kappa shape index (κ2) is 8.82. The Balaban J connectivity index is 1.76. The number of aryl methyl sites for hydroxylation is 2. The summed E-state index contributed by atoms with van der Waals surface area (Å²) in [5.74, 6) is -0.156. The Labute approximate surface area is 142 Å². The van der Waals surface area contributed by atoms with Gasteiger partial charge in [-0.2, -0.15) is 0 Å². The highest BCUT2D eigenvalue weighted by molar-refractivity contribution is 6.36. The number of carbonyl (C=O) groups excluding carboxylic acids is 2. The normalized spacial score (nSPS) is 10.2. The van der Waals surface area contributed by atoms with Gasteiger partial charge >= 0.3 is 0 Å². The van der Waals surface area contributed by atoms with Crippen molar-refractivity contribution in [2.75, 3.05) is 7.11 Å². The highest BCUT2D eigenvalue weighted by Gasteiger charge is 2.13. The van der Waals surface area contributed by atoms with E-state index >= 15 is 0 Å². The summed E-state index contributed by atoms with van der Waals surface area (Å²) in [6, 6.07) is 11.3. The Bertz CT molecular complexity index is 699. The molecule has 0 spiro atoms.